The minimum Gasteiger partial charge on any atom is -0.495 e. The lowest BCUT2D eigenvalue weighted by molar-refractivity contribution is 0.102. The van der Waals surface area contributed by atoms with Crippen LogP contribution in [-0.4, -0.2) is 34.3 Å². The van der Waals surface area contributed by atoms with Gasteiger partial charge in [0.05, 0.1) is 24.6 Å². The molecule has 1 aromatic carbocycles. The first-order chi connectivity index (χ1) is 9.65. The van der Waals surface area contributed by atoms with Crippen LogP contribution in [0.3, 0.4) is 0 Å². The lowest BCUT2D eigenvalue weighted by Crippen LogP contribution is -2.15. The van der Waals surface area contributed by atoms with Crippen molar-refractivity contribution in [3.8, 4) is 5.75 Å². The Morgan fingerprint density at radius 2 is 2.30 bits per heavy atom. The van der Waals surface area contributed by atoms with Crippen LogP contribution in [0.25, 0.3) is 0 Å². The van der Waals surface area contributed by atoms with Crippen LogP contribution in [-0.2, 0) is 0 Å². The van der Waals surface area contributed by atoms with Gasteiger partial charge in [-0.25, -0.2) is 0 Å². The van der Waals surface area contributed by atoms with Crippen LogP contribution in [0.5, 0.6) is 5.75 Å². The van der Waals surface area contributed by atoms with E-state index in [-0.39, 0.29) is 11.7 Å². The SMILES string of the molecule is COc1cc(/C(N)=N/O)ccc1NC(=O)c1cn[nH]c1. The Hall–Kier alpha value is -3.03. The number of hydrogen-bond donors (Lipinski definition) is 4. The maximum absolute atomic E-state index is 11.9. The summed E-state index contributed by atoms with van der Waals surface area (Å²) < 4.78 is 5.17. The third-order valence-electron chi connectivity index (χ3n) is 2.61. The Kier molecular flexibility index (Phi) is 3.85. The molecule has 0 saturated carbocycles. The van der Waals surface area contributed by atoms with E-state index in [2.05, 4.69) is 20.7 Å². The Morgan fingerprint density at radius 3 is 2.90 bits per heavy atom. The molecule has 0 aliphatic carbocycles. The minimum atomic E-state index is -0.325. The molecule has 1 aromatic heterocycles. The zero-order chi connectivity index (χ0) is 14.5. The number of anilines is 1. The summed E-state index contributed by atoms with van der Waals surface area (Å²) in [5.41, 5.74) is 6.83. The maximum atomic E-state index is 11.9. The minimum absolute atomic E-state index is 0.0454. The molecule has 20 heavy (non-hydrogen) atoms. The summed E-state index contributed by atoms with van der Waals surface area (Å²) in [6.07, 6.45) is 2.89. The third-order valence-corrected chi connectivity index (χ3v) is 2.61. The van der Waals surface area contributed by atoms with E-state index in [1.807, 2.05) is 0 Å². The van der Waals surface area contributed by atoms with E-state index in [1.54, 1.807) is 18.2 Å². The predicted molar refractivity (Wildman–Crippen MR) is 72.0 cm³/mol. The first-order valence-corrected chi connectivity index (χ1v) is 5.61. The molecule has 0 spiro atoms. The van der Waals surface area contributed by atoms with Crippen LogP contribution < -0.4 is 15.8 Å². The maximum Gasteiger partial charge on any atom is 0.258 e. The summed E-state index contributed by atoms with van der Waals surface area (Å²) in [7, 11) is 1.46. The molecule has 0 atom stereocenters. The van der Waals surface area contributed by atoms with Gasteiger partial charge in [-0.15, -0.1) is 0 Å². The number of oxime groups is 1. The third kappa shape index (κ3) is 2.69. The van der Waals surface area contributed by atoms with Crippen LogP contribution in [0.4, 0.5) is 5.69 Å². The highest BCUT2D eigenvalue weighted by Gasteiger charge is 2.12. The smallest absolute Gasteiger partial charge is 0.258 e. The quantitative estimate of drug-likeness (QED) is 0.284. The van der Waals surface area contributed by atoms with E-state index >= 15 is 0 Å². The molecule has 0 aliphatic rings. The summed E-state index contributed by atoms with van der Waals surface area (Å²) in [4.78, 5) is 11.9. The molecule has 1 amide bonds. The van der Waals surface area contributed by atoms with Crippen molar-refractivity contribution < 1.29 is 14.7 Å². The summed E-state index contributed by atoms with van der Waals surface area (Å²) in [6.45, 7) is 0. The molecule has 1 heterocycles. The number of nitrogens with two attached hydrogens (primary N) is 1. The van der Waals surface area contributed by atoms with E-state index in [9.17, 15) is 4.79 Å². The number of ether oxygens (including phenoxy) is 1. The highest BCUT2D eigenvalue weighted by atomic mass is 16.5. The van der Waals surface area contributed by atoms with Gasteiger partial charge in [-0.3, -0.25) is 9.89 Å². The van der Waals surface area contributed by atoms with Gasteiger partial charge in [0.1, 0.15) is 5.75 Å². The van der Waals surface area contributed by atoms with Crippen LogP contribution in [0.2, 0.25) is 0 Å². The molecule has 104 valence electrons. The monoisotopic (exact) mass is 275 g/mol. The fourth-order valence-corrected chi connectivity index (χ4v) is 1.58. The number of carbonyl (C=O) groups excluding carboxylic acids is 1. The second-order valence-corrected chi connectivity index (χ2v) is 3.84. The Morgan fingerprint density at radius 1 is 1.50 bits per heavy atom. The molecule has 2 aromatic rings. The number of nitrogens with one attached hydrogen (secondary N) is 2. The second kappa shape index (κ2) is 5.74. The first kappa shape index (κ1) is 13.4. The lowest BCUT2D eigenvalue weighted by atomic mass is 10.1. The van der Waals surface area contributed by atoms with Gasteiger partial charge in [0.2, 0.25) is 0 Å². The van der Waals surface area contributed by atoms with Gasteiger partial charge in [0.15, 0.2) is 5.84 Å². The van der Waals surface area contributed by atoms with Crippen LogP contribution >= 0.6 is 0 Å². The lowest BCUT2D eigenvalue weighted by Gasteiger charge is -2.11. The molecule has 8 nitrogen and oxygen atoms in total. The normalized spacial score (nSPS) is 11.2. The van der Waals surface area contributed by atoms with Gasteiger partial charge >= 0.3 is 0 Å². The van der Waals surface area contributed by atoms with Gasteiger partial charge < -0.3 is 21.0 Å². The van der Waals surface area contributed by atoms with Crippen molar-refractivity contribution in [1.29, 1.82) is 0 Å². The molecule has 2 rings (SSSR count). The molecule has 0 bridgehead atoms. The molecule has 0 saturated heterocycles. The van der Waals surface area contributed by atoms with E-state index in [0.29, 0.717) is 22.6 Å². The standard InChI is InChI=1S/C12H13N5O3/c1-20-10-4-7(11(13)17-19)2-3-9(10)16-12(18)8-5-14-15-6-8/h2-6,19H,1H3,(H2,13,17)(H,14,15)(H,16,18). The molecular formula is C12H13N5O3. The van der Waals surface area contributed by atoms with Crippen molar-refractivity contribution in [2.75, 3.05) is 12.4 Å². The number of aromatic amines is 1. The largest absolute Gasteiger partial charge is 0.495 e. The number of amidine groups is 1. The summed E-state index contributed by atoms with van der Waals surface area (Å²) in [5, 5.41) is 20.5. The number of nitrogens with zero attached hydrogens (tertiary/aromatic N) is 2. The Labute approximate surface area is 114 Å². The number of hydrogen-bond acceptors (Lipinski definition) is 5. The van der Waals surface area contributed by atoms with Crippen LogP contribution in [0, 0.1) is 0 Å². The number of methoxy groups -OCH3 is 1. The fourth-order valence-electron chi connectivity index (χ4n) is 1.58. The first-order valence-electron chi connectivity index (χ1n) is 5.61. The summed E-state index contributed by atoms with van der Waals surface area (Å²) >= 11 is 0. The highest BCUT2D eigenvalue weighted by Crippen LogP contribution is 2.26. The molecule has 8 heteroatoms. The fraction of sp³-hybridized carbons (Fsp3) is 0.0833. The number of benzene rings is 1. The molecule has 0 unspecified atom stereocenters. The van der Waals surface area contributed by atoms with E-state index < -0.39 is 0 Å². The molecule has 0 radical (unpaired) electrons. The molecular weight excluding hydrogens is 262 g/mol. The van der Waals surface area contributed by atoms with E-state index in [1.165, 1.54) is 19.5 Å². The average molecular weight is 275 g/mol. The van der Waals surface area contributed by atoms with Crippen LogP contribution in [0.15, 0.2) is 35.7 Å². The topological polar surface area (TPSA) is 126 Å². The average Bonchev–Trinajstić information content (AvgIpc) is 3.01. The van der Waals surface area contributed by atoms with Crippen molar-refractivity contribution >= 4 is 17.4 Å². The van der Waals surface area contributed by atoms with Crippen LogP contribution in [0.1, 0.15) is 15.9 Å². The highest BCUT2D eigenvalue weighted by molar-refractivity contribution is 6.05. The Balaban J connectivity index is 2.26. The number of amides is 1. The van der Waals surface area contributed by atoms with Gasteiger partial charge in [-0.05, 0) is 18.2 Å². The number of H-pyrrole nitrogens is 1. The molecule has 0 fully saturated rings. The zero-order valence-corrected chi connectivity index (χ0v) is 10.6. The van der Waals surface area contributed by atoms with Gasteiger partial charge in [0, 0.05) is 11.8 Å². The summed E-state index contributed by atoms with van der Waals surface area (Å²) in [6, 6.07) is 4.76. The van der Waals surface area contributed by atoms with Crippen molar-refractivity contribution in [3.05, 3.63) is 41.7 Å². The zero-order valence-electron chi connectivity index (χ0n) is 10.6. The number of aromatic nitrogens is 2. The van der Waals surface area contributed by atoms with Crippen molar-refractivity contribution in [3.63, 3.8) is 0 Å². The Bertz CT molecular complexity index is 637. The van der Waals surface area contributed by atoms with E-state index in [4.69, 9.17) is 15.7 Å². The number of rotatable bonds is 4. The molecule has 5 N–H and O–H groups in total. The van der Waals surface area contributed by atoms with Gasteiger partial charge in [0.25, 0.3) is 5.91 Å². The second-order valence-electron chi connectivity index (χ2n) is 3.84. The van der Waals surface area contributed by atoms with E-state index in [0.717, 1.165) is 0 Å². The number of carbonyl (C=O) groups is 1. The molecule has 0 aliphatic heterocycles. The van der Waals surface area contributed by atoms with Gasteiger partial charge in [-0.1, -0.05) is 5.16 Å². The summed E-state index contributed by atoms with van der Waals surface area (Å²) in [5.74, 6) is 0.0237. The van der Waals surface area contributed by atoms with Crippen molar-refractivity contribution in [1.82, 2.24) is 10.2 Å². The van der Waals surface area contributed by atoms with Crippen molar-refractivity contribution in [2.24, 2.45) is 10.9 Å². The van der Waals surface area contributed by atoms with Crippen molar-refractivity contribution in [2.45, 2.75) is 0 Å². The van der Waals surface area contributed by atoms with Gasteiger partial charge in [-0.2, -0.15) is 5.10 Å². The predicted octanol–water partition coefficient (Wildman–Crippen LogP) is 0.765.